The Hall–Kier alpha value is -1.75. The fraction of sp³-hybridized carbons (Fsp3) is 0.167. The van der Waals surface area contributed by atoms with Gasteiger partial charge in [-0.1, -0.05) is 17.8 Å². The molecule has 2 aromatic rings. The summed E-state index contributed by atoms with van der Waals surface area (Å²) in [6, 6.07) is 7.85. The van der Waals surface area contributed by atoms with Crippen LogP contribution in [0.5, 0.6) is 0 Å². The summed E-state index contributed by atoms with van der Waals surface area (Å²) in [6.07, 6.45) is 1.99. The first-order valence-electron chi connectivity index (χ1n) is 5.26. The predicted octanol–water partition coefficient (Wildman–Crippen LogP) is 2.19. The number of nitrogens with zero attached hydrogens (tertiary/aromatic N) is 2. The van der Waals surface area contributed by atoms with Gasteiger partial charge in [0.2, 0.25) is 5.91 Å². The summed E-state index contributed by atoms with van der Waals surface area (Å²) in [5, 5.41) is 9.21. The highest BCUT2D eigenvalue weighted by atomic mass is 32.2. The van der Waals surface area contributed by atoms with Gasteiger partial charge in [-0.2, -0.15) is 0 Å². The molecular formula is C12H11N3OS. The van der Waals surface area contributed by atoms with Crippen molar-refractivity contribution >= 4 is 39.4 Å². The third kappa shape index (κ3) is 1.54. The van der Waals surface area contributed by atoms with Gasteiger partial charge in [-0.25, -0.2) is 0 Å². The molecule has 1 aliphatic heterocycles. The SMILES string of the molecule is Cn1ccc2ccc(N3C(=N)SCC3=O)cc21. The summed E-state index contributed by atoms with van der Waals surface area (Å²) >= 11 is 1.27. The zero-order valence-corrected chi connectivity index (χ0v) is 10.1. The standard InChI is InChI=1S/C12H11N3OS/c1-14-5-4-8-2-3-9(6-10(8)14)15-11(16)7-17-12(15)13/h2-6,13H,7H2,1H3. The van der Waals surface area contributed by atoms with Crippen molar-refractivity contribution in [1.29, 1.82) is 5.41 Å². The number of hydrogen-bond acceptors (Lipinski definition) is 3. The molecule has 0 spiro atoms. The molecule has 17 heavy (non-hydrogen) atoms. The number of amides is 1. The van der Waals surface area contributed by atoms with Crippen molar-refractivity contribution in [2.75, 3.05) is 10.7 Å². The van der Waals surface area contributed by atoms with Gasteiger partial charge in [0.25, 0.3) is 0 Å². The van der Waals surface area contributed by atoms with Crippen molar-refractivity contribution in [2.45, 2.75) is 0 Å². The van der Waals surface area contributed by atoms with E-state index in [9.17, 15) is 4.79 Å². The van der Waals surface area contributed by atoms with Crippen LogP contribution >= 0.6 is 11.8 Å². The van der Waals surface area contributed by atoms with Crippen LogP contribution in [0.2, 0.25) is 0 Å². The second-order valence-corrected chi connectivity index (χ2v) is 4.96. The number of hydrogen-bond donors (Lipinski definition) is 1. The van der Waals surface area contributed by atoms with Gasteiger partial charge in [0.05, 0.1) is 11.4 Å². The van der Waals surface area contributed by atoms with Gasteiger partial charge in [-0.05, 0) is 23.6 Å². The summed E-state index contributed by atoms with van der Waals surface area (Å²) < 4.78 is 2.01. The average molecular weight is 245 g/mol. The van der Waals surface area contributed by atoms with Crippen LogP contribution in [0.3, 0.4) is 0 Å². The molecule has 1 saturated heterocycles. The maximum absolute atomic E-state index is 11.7. The van der Waals surface area contributed by atoms with Gasteiger partial charge in [-0.3, -0.25) is 15.1 Å². The normalized spacial score (nSPS) is 16.2. The Morgan fingerprint density at radius 1 is 1.35 bits per heavy atom. The number of thioether (sulfide) groups is 1. The summed E-state index contributed by atoms with van der Waals surface area (Å²) in [5.41, 5.74) is 1.85. The number of anilines is 1. The molecule has 1 aliphatic rings. The van der Waals surface area contributed by atoms with Crippen molar-refractivity contribution in [2.24, 2.45) is 7.05 Å². The van der Waals surface area contributed by atoms with E-state index in [1.807, 2.05) is 42.1 Å². The van der Waals surface area contributed by atoms with Crippen molar-refractivity contribution in [3.05, 3.63) is 30.5 Å². The first-order chi connectivity index (χ1) is 8.16. The van der Waals surface area contributed by atoms with E-state index in [2.05, 4.69) is 0 Å². The summed E-state index contributed by atoms with van der Waals surface area (Å²) in [7, 11) is 1.97. The van der Waals surface area contributed by atoms with Gasteiger partial charge in [0, 0.05) is 18.8 Å². The second-order valence-electron chi connectivity index (χ2n) is 3.99. The van der Waals surface area contributed by atoms with Crippen LogP contribution in [-0.2, 0) is 11.8 Å². The third-order valence-corrected chi connectivity index (χ3v) is 3.76. The number of amidine groups is 1. The summed E-state index contributed by atoms with van der Waals surface area (Å²) in [5.74, 6) is 0.345. The van der Waals surface area contributed by atoms with Crippen molar-refractivity contribution in [3.8, 4) is 0 Å². The van der Waals surface area contributed by atoms with E-state index in [0.717, 1.165) is 16.6 Å². The first-order valence-corrected chi connectivity index (χ1v) is 6.25. The summed E-state index contributed by atoms with van der Waals surface area (Å²) in [6.45, 7) is 0. The number of fused-ring (bicyclic) bond motifs is 1. The van der Waals surface area contributed by atoms with E-state index in [4.69, 9.17) is 5.41 Å². The Balaban J connectivity index is 2.14. The molecule has 86 valence electrons. The molecule has 0 aliphatic carbocycles. The van der Waals surface area contributed by atoms with Gasteiger partial charge < -0.3 is 4.57 Å². The zero-order chi connectivity index (χ0) is 12.0. The van der Waals surface area contributed by atoms with Crippen LogP contribution in [-0.4, -0.2) is 21.4 Å². The lowest BCUT2D eigenvalue weighted by molar-refractivity contribution is -0.115. The Morgan fingerprint density at radius 3 is 2.88 bits per heavy atom. The molecule has 0 bridgehead atoms. The predicted molar refractivity (Wildman–Crippen MR) is 70.6 cm³/mol. The molecule has 1 fully saturated rings. The minimum Gasteiger partial charge on any atom is -0.350 e. The van der Waals surface area contributed by atoms with Crippen LogP contribution in [0.15, 0.2) is 30.5 Å². The van der Waals surface area contributed by atoms with E-state index in [0.29, 0.717) is 10.9 Å². The third-order valence-electron chi connectivity index (χ3n) is 2.91. The topological polar surface area (TPSA) is 49.1 Å². The minimum atomic E-state index is -0.0199. The molecule has 1 aromatic carbocycles. The molecule has 2 heterocycles. The highest BCUT2D eigenvalue weighted by Gasteiger charge is 2.28. The molecule has 1 N–H and O–H groups in total. The van der Waals surface area contributed by atoms with Gasteiger partial charge in [0.1, 0.15) is 0 Å². The lowest BCUT2D eigenvalue weighted by Crippen LogP contribution is -2.28. The average Bonchev–Trinajstić information content (AvgIpc) is 2.84. The molecular weight excluding hydrogens is 234 g/mol. The number of carbonyl (C=O) groups is 1. The van der Waals surface area contributed by atoms with E-state index >= 15 is 0 Å². The second kappa shape index (κ2) is 3.63. The number of aryl methyl sites for hydroxylation is 1. The van der Waals surface area contributed by atoms with E-state index in [1.165, 1.54) is 16.7 Å². The fourth-order valence-electron chi connectivity index (χ4n) is 2.02. The maximum atomic E-state index is 11.7. The Morgan fingerprint density at radius 2 is 2.18 bits per heavy atom. The molecule has 5 heteroatoms. The van der Waals surface area contributed by atoms with Crippen molar-refractivity contribution in [1.82, 2.24) is 4.57 Å². The molecule has 1 amide bonds. The Labute approximate surface area is 103 Å². The zero-order valence-electron chi connectivity index (χ0n) is 9.30. The van der Waals surface area contributed by atoms with Gasteiger partial charge in [0.15, 0.2) is 5.17 Å². The van der Waals surface area contributed by atoms with E-state index in [-0.39, 0.29) is 5.91 Å². The molecule has 0 atom stereocenters. The molecule has 1 aromatic heterocycles. The highest BCUT2D eigenvalue weighted by Crippen LogP contribution is 2.28. The number of nitrogens with one attached hydrogen (secondary N) is 1. The number of rotatable bonds is 1. The van der Waals surface area contributed by atoms with E-state index in [1.54, 1.807) is 0 Å². The van der Waals surface area contributed by atoms with Crippen LogP contribution in [0.4, 0.5) is 5.69 Å². The minimum absolute atomic E-state index is 0.0199. The smallest absolute Gasteiger partial charge is 0.243 e. The maximum Gasteiger partial charge on any atom is 0.243 e. The fourth-order valence-corrected chi connectivity index (χ4v) is 2.75. The molecule has 0 saturated carbocycles. The largest absolute Gasteiger partial charge is 0.350 e. The summed E-state index contributed by atoms with van der Waals surface area (Å²) in [4.78, 5) is 13.2. The quantitative estimate of drug-likeness (QED) is 0.837. The monoisotopic (exact) mass is 245 g/mol. The lowest BCUT2D eigenvalue weighted by atomic mass is 10.2. The van der Waals surface area contributed by atoms with Crippen molar-refractivity contribution < 1.29 is 4.79 Å². The Bertz CT molecular complexity index is 616. The van der Waals surface area contributed by atoms with Gasteiger partial charge >= 0.3 is 0 Å². The number of carbonyl (C=O) groups excluding carboxylic acids is 1. The molecule has 4 nitrogen and oxygen atoms in total. The van der Waals surface area contributed by atoms with E-state index < -0.39 is 0 Å². The van der Waals surface area contributed by atoms with Crippen LogP contribution in [0, 0.1) is 5.41 Å². The van der Waals surface area contributed by atoms with Crippen molar-refractivity contribution in [3.63, 3.8) is 0 Å². The highest BCUT2D eigenvalue weighted by molar-refractivity contribution is 8.15. The van der Waals surface area contributed by atoms with Gasteiger partial charge in [-0.15, -0.1) is 0 Å². The number of benzene rings is 1. The van der Waals surface area contributed by atoms with Crippen LogP contribution in [0.25, 0.3) is 10.9 Å². The number of aromatic nitrogens is 1. The van der Waals surface area contributed by atoms with Crippen LogP contribution in [0.1, 0.15) is 0 Å². The first kappa shape index (κ1) is 10.4. The lowest BCUT2D eigenvalue weighted by Gasteiger charge is -2.15. The molecule has 3 rings (SSSR count). The van der Waals surface area contributed by atoms with Crippen LogP contribution < -0.4 is 4.90 Å². The molecule has 0 unspecified atom stereocenters. The Kier molecular flexibility index (Phi) is 2.22. The molecule has 0 radical (unpaired) electrons.